The molecule has 0 heterocycles. The molecule has 2 atom stereocenters. The van der Waals surface area contributed by atoms with Gasteiger partial charge in [-0.05, 0) is 40.9 Å². The van der Waals surface area contributed by atoms with Crippen LogP contribution in [0.15, 0.2) is 48.5 Å². The maximum atomic E-state index is 13.3. The summed E-state index contributed by atoms with van der Waals surface area (Å²) in [7, 11) is -4.76. The van der Waals surface area contributed by atoms with E-state index < -0.39 is 22.1 Å². The topological polar surface area (TPSA) is 74.7 Å². The quantitative estimate of drug-likeness (QED) is 0.701. The van der Waals surface area contributed by atoms with Crippen LogP contribution in [0.25, 0.3) is 0 Å². The van der Waals surface area contributed by atoms with Crippen molar-refractivity contribution in [1.29, 1.82) is 0 Å². The van der Waals surface area contributed by atoms with Gasteiger partial charge in [0.15, 0.2) is 0 Å². The molecule has 1 saturated carbocycles. The van der Waals surface area contributed by atoms with E-state index in [0.29, 0.717) is 16.4 Å². The van der Waals surface area contributed by atoms with Gasteiger partial charge in [-0.25, -0.2) is 0 Å². The molecular weight excluding hydrogens is 374 g/mol. The Labute approximate surface area is 167 Å². The summed E-state index contributed by atoms with van der Waals surface area (Å²) >= 11 is 0. The lowest BCUT2D eigenvalue weighted by atomic mass is 9.92. The van der Waals surface area contributed by atoms with Crippen molar-refractivity contribution in [1.82, 2.24) is 0 Å². The number of benzene rings is 2. The first-order valence-corrected chi connectivity index (χ1v) is 11.0. The van der Waals surface area contributed by atoms with Crippen LogP contribution in [0.5, 0.6) is 0 Å². The number of carbonyl (C=O) groups excluding carboxylic acids is 1. The summed E-state index contributed by atoms with van der Waals surface area (Å²) in [5, 5.41) is 0. The lowest BCUT2D eigenvalue weighted by molar-refractivity contribution is -0.118. The summed E-state index contributed by atoms with van der Waals surface area (Å²) in [4.78, 5) is 13.3. The number of anilines is 1. The van der Waals surface area contributed by atoms with Crippen molar-refractivity contribution in [3.63, 3.8) is 0 Å². The highest BCUT2D eigenvalue weighted by Crippen LogP contribution is 2.50. The average molecular weight is 402 g/mol. The predicted molar refractivity (Wildman–Crippen MR) is 111 cm³/mol. The minimum Gasteiger partial charge on any atom is -0.273 e. The first-order valence-electron chi connectivity index (χ1n) is 9.62. The van der Waals surface area contributed by atoms with Crippen molar-refractivity contribution in [3.05, 3.63) is 65.2 Å². The molecule has 0 bridgehead atoms. The van der Waals surface area contributed by atoms with E-state index >= 15 is 0 Å². The van der Waals surface area contributed by atoms with E-state index in [-0.39, 0.29) is 17.8 Å². The highest BCUT2D eigenvalue weighted by molar-refractivity contribution is 7.88. The van der Waals surface area contributed by atoms with E-state index in [0.717, 1.165) is 16.7 Å². The Hall–Kier alpha value is -2.18. The van der Waals surface area contributed by atoms with Crippen LogP contribution in [0.2, 0.25) is 0 Å². The Morgan fingerprint density at radius 2 is 1.50 bits per heavy atom. The zero-order valence-electron chi connectivity index (χ0n) is 16.7. The molecule has 0 radical (unpaired) electrons. The molecule has 0 unspecified atom stereocenters. The van der Waals surface area contributed by atoms with Gasteiger partial charge in [0.2, 0.25) is 5.91 Å². The van der Waals surface area contributed by atoms with Crippen LogP contribution in [0.4, 0.5) is 5.69 Å². The Bertz CT molecular complexity index is 941. The molecule has 150 valence electrons. The molecule has 0 spiro atoms. The monoisotopic (exact) mass is 401 g/mol. The van der Waals surface area contributed by atoms with Crippen molar-refractivity contribution in [2.24, 2.45) is 5.92 Å². The van der Waals surface area contributed by atoms with Gasteiger partial charge in [0.1, 0.15) is 0 Å². The minimum atomic E-state index is -4.76. The molecule has 1 amide bonds. The SMILES string of the molecule is CC(C)c1cccc(C(C)C)c1N(C(=O)[C@@H]1C[C@H]1c1ccccc1)S(=O)(=O)O. The van der Waals surface area contributed by atoms with Crippen molar-refractivity contribution < 1.29 is 17.8 Å². The van der Waals surface area contributed by atoms with Gasteiger partial charge in [-0.1, -0.05) is 76.2 Å². The zero-order chi connectivity index (χ0) is 20.6. The van der Waals surface area contributed by atoms with Crippen LogP contribution in [-0.2, 0) is 15.1 Å². The van der Waals surface area contributed by atoms with Crippen molar-refractivity contribution in [2.45, 2.75) is 51.9 Å². The Kier molecular flexibility index (Phi) is 5.64. The summed E-state index contributed by atoms with van der Waals surface area (Å²) in [6, 6.07) is 15.1. The van der Waals surface area contributed by atoms with Crippen LogP contribution in [0.3, 0.4) is 0 Å². The number of hydrogen-bond acceptors (Lipinski definition) is 3. The predicted octanol–water partition coefficient (Wildman–Crippen LogP) is 4.87. The van der Waals surface area contributed by atoms with Gasteiger partial charge in [-0.3, -0.25) is 9.35 Å². The second-order valence-electron chi connectivity index (χ2n) is 8.03. The van der Waals surface area contributed by atoms with Gasteiger partial charge >= 0.3 is 10.3 Å². The maximum Gasteiger partial charge on any atom is 0.366 e. The zero-order valence-corrected chi connectivity index (χ0v) is 17.5. The van der Waals surface area contributed by atoms with Crippen LogP contribution >= 0.6 is 0 Å². The van der Waals surface area contributed by atoms with Crippen LogP contribution in [0.1, 0.15) is 68.6 Å². The summed E-state index contributed by atoms with van der Waals surface area (Å²) in [5.41, 5.74) is 2.78. The Morgan fingerprint density at radius 1 is 0.964 bits per heavy atom. The molecule has 1 aliphatic carbocycles. The van der Waals surface area contributed by atoms with E-state index in [1.807, 2.05) is 76.2 Å². The van der Waals surface area contributed by atoms with Crippen LogP contribution < -0.4 is 4.31 Å². The van der Waals surface area contributed by atoms with Gasteiger partial charge in [0.25, 0.3) is 0 Å². The van der Waals surface area contributed by atoms with Gasteiger partial charge in [-0.2, -0.15) is 12.7 Å². The molecule has 5 nitrogen and oxygen atoms in total. The molecule has 0 aliphatic heterocycles. The normalized spacial score (nSPS) is 19.1. The lowest BCUT2D eigenvalue weighted by Crippen LogP contribution is -2.39. The molecule has 2 aromatic rings. The summed E-state index contributed by atoms with van der Waals surface area (Å²) in [6.45, 7) is 7.78. The Morgan fingerprint density at radius 3 is 1.96 bits per heavy atom. The van der Waals surface area contributed by atoms with Gasteiger partial charge < -0.3 is 0 Å². The third-order valence-electron chi connectivity index (χ3n) is 5.31. The summed E-state index contributed by atoms with van der Waals surface area (Å²) < 4.78 is 35.4. The van der Waals surface area contributed by atoms with Crippen molar-refractivity contribution in [2.75, 3.05) is 4.31 Å². The fourth-order valence-electron chi connectivity index (χ4n) is 3.77. The van der Waals surface area contributed by atoms with Crippen LogP contribution in [0, 0.1) is 5.92 Å². The van der Waals surface area contributed by atoms with Crippen molar-refractivity contribution >= 4 is 21.9 Å². The largest absolute Gasteiger partial charge is 0.366 e. The molecule has 1 aliphatic rings. The van der Waals surface area contributed by atoms with E-state index in [2.05, 4.69) is 0 Å². The van der Waals surface area contributed by atoms with E-state index in [9.17, 15) is 17.8 Å². The van der Waals surface area contributed by atoms with E-state index in [1.165, 1.54) is 0 Å². The molecule has 3 rings (SSSR count). The number of rotatable bonds is 6. The third kappa shape index (κ3) is 3.98. The highest BCUT2D eigenvalue weighted by atomic mass is 32.2. The fourth-order valence-corrected chi connectivity index (χ4v) is 4.58. The fraction of sp³-hybridized carbons (Fsp3) is 0.409. The molecular formula is C22H27NO4S. The molecule has 6 heteroatoms. The molecule has 1 fully saturated rings. The summed E-state index contributed by atoms with van der Waals surface area (Å²) in [6.07, 6.45) is 0.579. The second kappa shape index (κ2) is 7.68. The number of hydrogen-bond donors (Lipinski definition) is 1. The highest BCUT2D eigenvalue weighted by Gasteiger charge is 2.49. The first kappa shape index (κ1) is 20.6. The van der Waals surface area contributed by atoms with Crippen LogP contribution in [-0.4, -0.2) is 18.9 Å². The Balaban J connectivity index is 2.07. The van der Waals surface area contributed by atoms with Crippen molar-refractivity contribution in [3.8, 4) is 0 Å². The van der Waals surface area contributed by atoms with Gasteiger partial charge in [0, 0.05) is 5.92 Å². The van der Waals surface area contributed by atoms with Gasteiger partial charge in [-0.15, -0.1) is 0 Å². The number of carbonyl (C=O) groups is 1. The molecule has 1 N–H and O–H groups in total. The number of nitrogens with zero attached hydrogens (tertiary/aromatic N) is 1. The number of amides is 1. The van der Waals surface area contributed by atoms with E-state index in [1.54, 1.807) is 0 Å². The average Bonchev–Trinajstić information content (AvgIpc) is 3.42. The lowest BCUT2D eigenvalue weighted by Gasteiger charge is -2.27. The molecule has 2 aromatic carbocycles. The molecule has 28 heavy (non-hydrogen) atoms. The molecule has 0 saturated heterocycles. The minimum absolute atomic E-state index is 0.00475. The number of para-hydroxylation sites is 1. The maximum absolute atomic E-state index is 13.3. The third-order valence-corrected chi connectivity index (χ3v) is 6.14. The molecule has 0 aromatic heterocycles. The van der Waals surface area contributed by atoms with Gasteiger partial charge in [0.05, 0.1) is 5.69 Å². The first-order chi connectivity index (χ1) is 13.1. The standard InChI is InChI=1S/C22H27NO4S/c1-14(2)17-11-8-12-18(15(3)4)21(17)23(28(25,26)27)22(24)20-13-19(20)16-9-6-5-7-10-16/h5-12,14-15,19-20H,13H2,1-4H3,(H,25,26,27)/t19-,20+/m0/s1. The van der Waals surface area contributed by atoms with E-state index in [4.69, 9.17) is 0 Å². The smallest absolute Gasteiger partial charge is 0.273 e. The second-order valence-corrected chi connectivity index (χ2v) is 9.30. The summed E-state index contributed by atoms with van der Waals surface area (Å²) in [5.74, 6) is -1.05.